The fourth-order valence-electron chi connectivity index (χ4n) is 2.14. The van der Waals surface area contributed by atoms with Crippen LogP contribution in [0.2, 0.25) is 0 Å². The highest BCUT2D eigenvalue weighted by molar-refractivity contribution is 5.91. The van der Waals surface area contributed by atoms with Gasteiger partial charge in [0.2, 0.25) is 0 Å². The van der Waals surface area contributed by atoms with Gasteiger partial charge in [0.25, 0.3) is 0 Å². The Labute approximate surface area is 95.9 Å². The van der Waals surface area contributed by atoms with Gasteiger partial charge in [-0.1, -0.05) is 24.3 Å². The van der Waals surface area contributed by atoms with Crippen LogP contribution in [0.15, 0.2) is 36.1 Å². The summed E-state index contributed by atoms with van der Waals surface area (Å²) in [5.74, 6) is 0.483. The molecule has 0 unspecified atom stereocenters. The molecule has 2 rings (SSSR count). The Hall–Kier alpha value is -1.57. The standard InChI is InChI=1S/C14H16O2/c1-3-14(10(2)15)16-13-8-11-6-4-5-7-12(11)9-13/h3-7,13H,8-9H2,1-2H3/b14-3+. The van der Waals surface area contributed by atoms with Crippen LogP contribution in [0.3, 0.4) is 0 Å². The largest absolute Gasteiger partial charge is 0.486 e. The fourth-order valence-corrected chi connectivity index (χ4v) is 2.14. The summed E-state index contributed by atoms with van der Waals surface area (Å²) in [6, 6.07) is 8.34. The van der Waals surface area contributed by atoms with Crippen molar-refractivity contribution in [1.82, 2.24) is 0 Å². The van der Waals surface area contributed by atoms with Crippen LogP contribution in [0.25, 0.3) is 0 Å². The maximum absolute atomic E-state index is 11.2. The van der Waals surface area contributed by atoms with Gasteiger partial charge < -0.3 is 4.74 Å². The number of hydrogen-bond donors (Lipinski definition) is 0. The van der Waals surface area contributed by atoms with Crippen molar-refractivity contribution >= 4 is 5.78 Å². The molecule has 84 valence electrons. The van der Waals surface area contributed by atoms with Crippen LogP contribution in [0.5, 0.6) is 0 Å². The van der Waals surface area contributed by atoms with Crippen LogP contribution < -0.4 is 0 Å². The van der Waals surface area contributed by atoms with Gasteiger partial charge in [-0.15, -0.1) is 0 Å². The Morgan fingerprint density at radius 2 is 1.88 bits per heavy atom. The Balaban J connectivity index is 2.05. The van der Waals surface area contributed by atoms with Gasteiger partial charge in [-0.3, -0.25) is 4.79 Å². The molecule has 0 bridgehead atoms. The summed E-state index contributed by atoms with van der Waals surface area (Å²) in [7, 11) is 0. The first kappa shape index (κ1) is 10.9. The molecule has 0 aromatic heterocycles. The highest BCUT2D eigenvalue weighted by Crippen LogP contribution is 2.25. The highest BCUT2D eigenvalue weighted by atomic mass is 16.5. The van der Waals surface area contributed by atoms with Crippen LogP contribution >= 0.6 is 0 Å². The van der Waals surface area contributed by atoms with Gasteiger partial charge in [0.15, 0.2) is 11.5 Å². The van der Waals surface area contributed by atoms with Crippen LogP contribution in [-0.4, -0.2) is 11.9 Å². The third kappa shape index (κ3) is 2.16. The van der Waals surface area contributed by atoms with Gasteiger partial charge in [-0.05, 0) is 24.1 Å². The SMILES string of the molecule is C/C=C(/OC1Cc2ccccc2C1)C(C)=O. The Morgan fingerprint density at radius 3 is 2.31 bits per heavy atom. The Kier molecular flexibility index (Phi) is 3.09. The maximum atomic E-state index is 11.2. The quantitative estimate of drug-likeness (QED) is 0.573. The monoisotopic (exact) mass is 216 g/mol. The lowest BCUT2D eigenvalue weighted by Crippen LogP contribution is -2.15. The molecule has 0 amide bonds. The third-order valence-corrected chi connectivity index (χ3v) is 2.92. The van der Waals surface area contributed by atoms with E-state index in [1.54, 1.807) is 6.08 Å². The number of Topliss-reactive ketones (excluding diaryl/α,β-unsaturated/α-hetero) is 1. The number of carbonyl (C=O) groups excluding carboxylic acids is 1. The number of hydrogen-bond acceptors (Lipinski definition) is 2. The van der Waals surface area contributed by atoms with Crippen LogP contribution in [0.4, 0.5) is 0 Å². The molecule has 0 aliphatic heterocycles. The van der Waals surface area contributed by atoms with Gasteiger partial charge in [-0.25, -0.2) is 0 Å². The predicted octanol–water partition coefficient (Wildman–Crippen LogP) is 2.66. The van der Waals surface area contributed by atoms with Gasteiger partial charge in [0.1, 0.15) is 6.10 Å². The molecule has 1 aliphatic carbocycles. The summed E-state index contributed by atoms with van der Waals surface area (Å²) >= 11 is 0. The van der Waals surface area contributed by atoms with E-state index >= 15 is 0 Å². The first-order valence-electron chi connectivity index (χ1n) is 5.61. The van der Waals surface area contributed by atoms with E-state index in [9.17, 15) is 4.79 Å². The number of rotatable bonds is 3. The maximum Gasteiger partial charge on any atom is 0.193 e. The lowest BCUT2D eigenvalue weighted by molar-refractivity contribution is -0.117. The van der Waals surface area contributed by atoms with Crippen molar-refractivity contribution in [3.63, 3.8) is 0 Å². The second kappa shape index (κ2) is 4.52. The highest BCUT2D eigenvalue weighted by Gasteiger charge is 2.23. The van der Waals surface area contributed by atoms with Crippen molar-refractivity contribution in [2.45, 2.75) is 32.8 Å². The average Bonchev–Trinajstić information content (AvgIpc) is 2.67. The fraction of sp³-hybridized carbons (Fsp3) is 0.357. The lowest BCUT2D eigenvalue weighted by atomic mass is 10.1. The molecule has 0 saturated carbocycles. The molecule has 0 atom stereocenters. The minimum Gasteiger partial charge on any atom is -0.486 e. The lowest BCUT2D eigenvalue weighted by Gasteiger charge is -2.13. The molecule has 0 spiro atoms. The summed E-state index contributed by atoms with van der Waals surface area (Å²) in [5.41, 5.74) is 2.68. The second-order valence-electron chi connectivity index (χ2n) is 4.13. The first-order valence-corrected chi connectivity index (χ1v) is 5.61. The third-order valence-electron chi connectivity index (χ3n) is 2.92. The van der Waals surface area contributed by atoms with E-state index in [4.69, 9.17) is 4.74 Å². The number of ether oxygens (including phenoxy) is 1. The second-order valence-corrected chi connectivity index (χ2v) is 4.13. The van der Waals surface area contributed by atoms with Crippen molar-refractivity contribution in [2.75, 3.05) is 0 Å². The molecule has 2 heteroatoms. The summed E-state index contributed by atoms with van der Waals surface area (Å²) in [5, 5.41) is 0. The molecule has 0 heterocycles. The zero-order valence-corrected chi connectivity index (χ0v) is 9.69. The van der Waals surface area contributed by atoms with E-state index < -0.39 is 0 Å². The number of carbonyl (C=O) groups is 1. The first-order chi connectivity index (χ1) is 7.70. The summed E-state index contributed by atoms with van der Waals surface area (Å²) < 4.78 is 5.72. The van der Waals surface area contributed by atoms with E-state index in [1.807, 2.05) is 19.1 Å². The van der Waals surface area contributed by atoms with Gasteiger partial charge in [-0.2, -0.15) is 0 Å². The Bertz CT molecular complexity index is 407. The minimum absolute atomic E-state index is 0.00143. The van der Waals surface area contributed by atoms with Crippen LogP contribution in [0.1, 0.15) is 25.0 Å². The molecule has 0 fully saturated rings. The van der Waals surface area contributed by atoms with Crippen molar-refractivity contribution in [1.29, 1.82) is 0 Å². The average molecular weight is 216 g/mol. The van der Waals surface area contributed by atoms with E-state index in [0.717, 1.165) is 12.8 Å². The van der Waals surface area contributed by atoms with E-state index in [-0.39, 0.29) is 11.9 Å². The molecule has 0 radical (unpaired) electrons. The van der Waals surface area contributed by atoms with Crippen molar-refractivity contribution < 1.29 is 9.53 Å². The van der Waals surface area contributed by atoms with E-state index in [2.05, 4.69) is 12.1 Å². The van der Waals surface area contributed by atoms with Crippen molar-refractivity contribution in [2.24, 2.45) is 0 Å². The molecule has 1 aromatic carbocycles. The normalized spacial score (nSPS) is 16.0. The predicted molar refractivity (Wildman–Crippen MR) is 63.2 cm³/mol. The van der Waals surface area contributed by atoms with Gasteiger partial charge in [0.05, 0.1) is 0 Å². The zero-order valence-electron chi connectivity index (χ0n) is 9.69. The topological polar surface area (TPSA) is 26.3 Å². The zero-order chi connectivity index (χ0) is 11.5. The van der Waals surface area contributed by atoms with E-state index in [1.165, 1.54) is 18.1 Å². The molecule has 0 N–H and O–H groups in total. The number of fused-ring (bicyclic) bond motifs is 1. The molecule has 0 saturated heterocycles. The molecule has 1 aliphatic rings. The molecule has 16 heavy (non-hydrogen) atoms. The molecule has 1 aromatic rings. The number of allylic oxidation sites excluding steroid dienone is 2. The van der Waals surface area contributed by atoms with Crippen LogP contribution in [-0.2, 0) is 22.4 Å². The van der Waals surface area contributed by atoms with Gasteiger partial charge >= 0.3 is 0 Å². The van der Waals surface area contributed by atoms with E-state index in [0.29, 0.717) is 5.76 Å². The summed E-state index contributed by atoms with van der Waals surface area (Å²) in [4.78, 5) is 11.2. The van der Waals surface area contributed by atoms with Crippen LogP contribution in [0, 0.1) is 0 Å². The van der Waals surface area contributed by atoms with Crippen molar-refractivity contribution in [3.8, 4) is 0 Å². The minimum atomic E-state index is -0.00143. The molecule has 2 nitrogen and oxygen atoms in total. The van der Waals surface area contributed by atoms with Gasteiger partial charge in [0, 0.05) is 19.8 Å². The summed E-state index contributed by atoms with van der Waals surface area (Å²) in [6.45, 7) is 3.37. The number of ketones is 1. The Morgan fingerprint density at radius 1 is 1.31 bits per heavy atom. The smallest absolute Gasteiger partial charge is 0.193 e. The molecular weight excluding hydrogens is 200 g/mol. The molecular formula is C14H16O2. The summed E-state index contributed by atoms with van der Waals surface area (Å²) in [6.07, 6.45) is 3.67. The number of benzene rings is 1. The van der Waals surface area contributed by atoms with Crippen molar-refractivity contribution in [3.05, 3.63) is 47.2 Å².